The fourth-order valence-electron chi connectivity index (χ4n) is 3.83. The Morgan fingerprint density at radius 1 is 1.08 bits per heavy atom. The lowest BCUT2D eigenvalue weighted by atomic mass is 10.0. The number of ether oxygens (including phenoxy) is 1. The van der Waals surface area contributed by atoms with Gasteiger partial charge in [0.15, 0.2) is 5.75 Å². The van der Waals surface area contributed by atoms with Gasteiger partial charge in [0.05, 0.1) is 22.5 Å². The average Bonchev–Trinajstić information content (AvgIpc) is 3.56. The number of rotatable bonds is 6. The predicted molar refractivity (Wildman–Crippen MR) is 149 cm³/mol. The molecule has 0 aliphatic carbocycles. The molecule has 0 saturated carbocycles. The summed E-state index contributed by atoms with van der Waals surface area (Å²) in [6.07, 6.45) is 2.68. The Labute approximate surface area is 236 Å². The Bertz CT molecular complexity index is 1720. The molecule has 1 amide bonds. The number of hydrogen-bond donors (Lipinski definition) is 2. The lowest BCUT2D eigenvalue weighted by Crippen LogP contribution is -2.19. The van der Waals surface area contributed by atoms with E-state index in [-0.39, 0.29) is 22.7 Å². The molecule has 0 saturated heterocycles. The zero-order valence-corrected chi connectivity index (χ0v) is 23.0. The molecule has 0 radical (unpaired) electrons. The first kappa shape index (κ1) is 25.9. The summed E-state index contributed by atoms with van der Waals surface area (Å²) in [6.45, 7) is 0. The number of fused-ring (bicyclic) bond motifs is 1. The first-order valence-corrected chi connectivity index (χ1v) is 12.9. The van der Waals surface area contributed by atoms with Gasteiger partial charge in [-0.05, 0) is 52.3 Å². The topological polar surface area (TPSA) is 96.7 Å². The number of para-hydroxylation sites is 1. The molecule has 190 valence electrons. The van der Waals surface area contributed by atoms with E-state index in [0.29, 0.717) is 36.0 Å². The van der Waals surface area contributed by atoms with Crippen LogP contribution >= 0.6 is 43.5 Å². The van der Waals surface area contributed by atoms with Crippen LogP contribution in [0.25, 0.3) is 22.0 Å². The third-order valence-electron chi connectivity index (χ3n) is 5.48. The van der Waals surface area contributed by atoms with E-state index in [0.717, 1.165) is 0 Å². The second kappa shape index (κ2) is 10.9. The maximum atomic E-state index is 14.6. The molecule has 38 heavy (non-hydrogen) atoms. The van der Waals surface area contributed by atoms with Crippen molar-refractivity contribution in [1.82, 2.24) is 10.4 Å². The Morgan fingerprint density at radius 2 is 1.89 bits per heavy atom. The zero-order valence-electron chi connectivity index (χ0n) is 19.1. The molecule has 2 heterocycles. The molecule has 0 unspecified atom stereocenters. The summed E-state index contributed by atoms with van der Waals surface area (Å²) in [7, 11) is 0. The van der Waals surface area contributed by atoms with Crippen LogP contribution in [0.3, 0.4) is 0 Å². The number of carbonyl (C=O) groups is 2. The summed E-state index contributed by atoms with van der Waals surface area (Å²) >= 11 is 13.2. The zero-order chi connectivity index (χ0) is 26.8. The highest BCUT2D eigenvalue weighted by Gasteiger charge is 2.22. The molecule has 0 atom stereocenters. The molecule has 11 heteroatoms. The van der Waals surface area contributed by atoms with Crippen molar-refractivity contribution in [2.75, 3.05) is 0 Å². The number of furan rings is 1. The third-order valence-corrected chi connectivity index (χ3v) is 6.85. The minimum atomic E-state index is -0.707. The minimum absolute atomic E-state index is 0.0224. The molecule has 0 aliphatic heterocycles. The number of hydrogen-bond acceptors (Lipinski definition) is 5. The number of H-pyrrole nitrogens is 1. The van der Waals surface area contributed by atoms with E-state index < -0.39 is 17.7 Å². The van der Waals surface area contributed by atoms with Crippen LogP contribution in [-0.4, -0.2) is 23.1 Å². The van der Waals surface area contributed by atoms with E-state index in [1.165, 1.54) is 24.6 Å². The van der Waals surface area contributed by atoms with E-state index >= 15 is 0 Å². The highest BCUT2D eigenvalue weighted by Crippen LogP contribution is 2.37. The molecule has 0 spiro atoms. The number of aromatic nitrogens is 1. The lowest BCUT2D eigenvalue weighted by Gasteiger charge is -2.10. The summed E-state index contributed by atoms with van der Waals surface area (Å²) in [6, 6.07) is 17.9. The molecule has 5 rings (SSSR count). The van der Waals surface area contributed by atoms with Crippen molar-refractivity contribution in [2.45, 2.75) is 0 Å². The summed E-state index contributed by atoms with van der Waals surface area (Å²) in [5.41, 5.74) is 4.07. The number of aromatic amines is 1. The maximum Gasteiger partial charge on any atom is 0.379 e. The maximum absolute atomic E-state index is 14.6. The van der Waals surface area contributed by atoms with Gasteiger partial charge in [-0.15, -0.1) is 0 Å². The normalized spacial score (nSPS) is 11.3. The van der Waals surface area contributed by atoms with Crippen LogP contribution in [0.1, 0.15) is 26.6 Å². The molecule has 3 aromatic carbocycles. The van der Waals surface area contributed by atoms with E-state index in [1.807, 2.05) is 0 Å². The molecular weight excluding hydrogens is 645 g/mol. The first-order valence-electron chi connectivity index (χ1n) is 11.0. The Kier molecular flexibility index (Phi) is 7.46. The standard InChI is InChI=1S/C27H15Br2ClFN3O4/c28-15-11-14(25(18(29)12-15)38-27(36)21-9-4-10-37-21)13-32-34-26(35)24-22(16-5-1-2-7-19(16)30)17-6-3-8-20(31)23(17)33-24/h1-13,33H,(H,34,35). The van der Waals surface area contributed by atoms with Gasteiger partial charge in [-0.25, -0.2) is 14.6 Å². The second-order valence-corrected chi connectivity index (χ2v) is 10.1. The van der Waals surface area contributed by atoms with Gasteiger partial charge in [0.25, 0.3) is 5.91 Å². The fraction of sp³-hybridized carbons (Fsp3) is 0. The third kappa shape index (κ3) is 5.15. The number of benzene rings is 3. The second-order valence-electron chi connectivity index (χ2n) is 7.89. The van der Waals surface area contributed by atoms with Crippen LogP contribution in [0.4, 0.5) is 4.39 Å². The van der Waals surface area contributed by atoms with Crippen molar-refractivity contribution in [3.8, 4) is 16.9 Å². The number of esters is 1. The van der Waals surface area contributed by atoms with Crippen molar-refractivity contribution in [2.24, 2.45) is 5.10 Å². The Morgan fingerprint density at radius 3 is 2.66 bits per heavy atom. The van der Waals surface area contributed by atoms with Crippen LogP contribution in [0, 0.1) is 5.82 Å². The van der Waals surface area contributed by atoms with Crippen LogP contribution in [0.15, 0.2) is 91.5 Å². The smallest absolute Gasteiger partial charge is 0.379 e. The number of nitrogens with zero attached hydrogens (tertiary/aromatic N) is 1. The van der Waals surface area contributed by atoms with Gasteiger partial charge in [0.2, 0.25) is 5.76 Å². The fourth-order valence-corrected chi connectivity index (χ4v) is 5.40. The van der Waals surface area contributed by atoms with E-state index in [1.54, 1.807) is 54.6 Å². The average molecular weight is 660 g/mol. The summed E-state index contributed by atoms with van der Waals surface area (Å²) in [5.74, 6) is -1.66. The van der Waals surface area contributed by atoms with Gasteiger partial charge in [0.1, 0.15) is 11.5 Å². The summed E-state index contributed by atoms with van der Waals surface area (Å²) < 4.78 is 26.3. The number of amides is 1. The van der Waals surface area contributed by atoms with Gasteiger partial charge in [-0.1, -0.05) is 57.9 Å². The van der Waals surface area contributed by atoms with Gasteiger partial charge in [-0.2, -0.15) is 5.10 Å². The monoisotopic (exact) mass is 657 g/mol. The SMILES string of the molecule is O=C(Oc1c(Br)cc(Br)cc1C=NNC(=O)c1[nH]c2c(F)cccc2c1-c1ccccc1Cl)c1ccco1. The van der Waals surface area contributed by atoms with Crippen molar-refractivity contribution < 1.29 is 23.1 Å². The van der Waals surface area contributed by atoms with Crippen molar-refractivity contribution in [1.29, 1.82) is 0 Å². The van der Waals surface area contributed by atoms with Gasteiger partial charge < -0.3 is 14.1 Å². The quantitative estimate of drug-likeness (QED) is 0.0844. The molecule has 7 nitrogen and oxygen atoms in total. The number of halogens is 4. The highest BCUT2D eigenvalue weighted by atomic mass is 79.9. The van der Waals surface area contributed by atoms with Crippen molar-refractivity contribution in [3.63, 3.8) is 0 Å². The molecule has 2 aromatic heterocycles. The largest absolute Gasteiger partial charge is 0.457 e. The molecule has 2 N–H and O–H groups in total. The van der Waals surface area contributed by atoms with Crippen LogP contribution in [0.5, 0.6) is 5.75 Å². The van der Waals surface area contributed by atoms with E-state index in [9.17, 15) is 14.0 Å². The highest BCUT2D eigenvalue weighted by molar-refractivity contribution is 9.11. The van der Waals surface area contributed by atoms with Crippen LogP contribution in [0.2, 0.25) is 5.02 Å². The van der Waals surface area contributed by atoms with Crippen molar-refractivity contribution >= 4 is 72.5 Å². The summed E-state index contributed by atoms with van der Waals surface area (Å²) in [4.78, 5) is 28.5. The van der Waals surface area contributed by atoms with Crippen LogP contribution < -0.4 is 10.2 Å². The molecule has 0 fully saturated rings. The number of nitrogens with one attached hydrogen (secondary N) is 2. The molecule has 0 bridgehead atoms. The predicted octanol–water partition coefficient (Wildman–Crippen LogP) is 7.73. The molecule has 0 aliphatic rings. The van der Waals surface area contributed by atoms with Crippen molar-refractivity contribution in [3.05, 3.63) is 110 Å². The minimum Gasteiger partial charge on any atom is -0.457 e. The van der Waals surface area contributed by atoms with E-state index in [2.05, 4.69) is 47.4 Å². The Hall–Kier alpha value is -3.73. The lowest BCUT2D eigenvalue weighted by molar-refractivity contribution is 0.0699. The number of hydrazone groups is 1. The van der Waals surface area contributed by atoms with Gasteiger partial charge in [0, 0.05) is 31.6 Å². The van der Waals surface area contributed by atoms with Crippen LogP contribution in [-0.2, 0) is 0 Å². The van der Waals surface area contributed by atoms with Gasteiger partial charge >= 0.3 is 5.97 Å². The first-order chi connectivity index (χ1) is 18.3. The Balaban J connectivity index is 1.47. The molecular formula is C27H15Br2ClFN3O4. The van der Waals surface area contributed by atoms with E-state index in [4.69, 9.17) is 20.8 Å². The van der Waals surface area contributed by atoms with Gasteiger partial charge in [-0.3, -0.25) is 4.79 Å². The number of carbonyl (C=O) groups excluding carboxylic acids is 2. The molecule has 5 aromatic rings. The summed E-state index contributed by atoms with van der Waals surface area (Å²) in [5, 5.41) is 4.95.